The molecule has 3 heteroatoms. The van der Waals surface area contributed by atoms with E-state index in [4.69, 9.17) is 0 Å². The first-order valence-electron chi connectivity index (χ1n) is 4.59. The second-order valence-electron chi connectivity index (χ2n) is 3.46. The maximum absolute atomic E-state index is 3.48. The summed E-state index contributed by atoms with van der Waals surface area (Å²) in [4.78, 5) is 0. The van der Waals surface area contributed by atoms with Crippen LogP contribution in [-0.2, 0) is 0 Å². The lowest BCUT2D eigenvalue weighted by atomic mass is 9.89. The topological polar surface area (TPSA) is 24.1 Å². The summed E-state index contributed by atoms with van der Waals surface area (Å²) in [6, 6.07) is 0. The number of rotatable bonds is 1. The van der Waals surface area contributed by atoms with E-state index in [1.807, 2.05) is 11.9 Å². The molecule has 0 radical (unpaired) electrons. The summed E-state index contributed by atoms with van der Waals surface area (Å²) in [7, 11) is 0. The van der Waals surface area contributed by atoms with Crippen molar-refractivity contribution in [2.75, 3.05) is 6.67 Å². The van der Waals surface area contributed by atoms with Gasteiger partial charge in [-0.1, -0.05) is 31.2 Å². The van der Waals surface area contributed by atoms with E-state index in [9.17, 15) is 0 Å². The van der Waals surface area contributed by atoms with Gasteiger partial charge >= 0.3 is 0 Å². The van der Waals surface area contributed by atoms with Gasteiger partial charge in [0.2, 0.25) is 0 Å². The molecule has 0 spiro atoms. The fourth-order valence-electron chi connectivity index (χ4n) is 2.02. The minimum absolute atomic E-state index is 0.704. The summed E-state index contributed by atoms with van der Waals surface area (Å²) in [5.74, 6) is 0.934. The van der Waals surface area contributed by atoms with Gasteiger partial charge in [-0.05, 0) is 18.8 Å². The summed E-state index contributed by atoms with van der Waals surface area (Å²) in [6.45, 7) is 0.992. The Hall–Kier alpha value is 0.270. The molecule has 1 aliphatic carbocycles. The molecular weight excluding hydrogens is 156 g/mol. The van der Waals surface area contributed by atoms with Crippen molar-refractivity contribution in [1.29, 1.82) is 0 Å². The van der Waals surface area contributed by atoms with Gasteiger partial charge in [0, 0.05) is 0 Å². The van der Waals surface area contributed by atoms with E-state index in [1.54, 1.807) is 0 Å². The van der Waals surface area contributed by atoms with Crippen LogP contribution >= 0.6 is 11.9 Å². The molecule has 1 unspecified atom stereocenters. The molecule has 0 aromatic carbocycles. The van der Waals surface area contributed by atoms with E-state index in [0.29, 0.717) is 5.37 Å². The van der Waals surface area contributed by atoms with Crippen molar-refractivity contribution in [1.82, 2.24) is 10.0 Å². The zero-order valence-electron chi connectivity index (χ0n) is 6.81. The first-order chi connectivity index (χ1) is 5.47. The minimum Gasteiger partial charge on any atom is -0.291 e. The van der Waals surface area contributed by atoms with Gasteiger partial charge in [0.25, 0.3) is 0 Å². The van der Waals surface area contributed by atoms with Gasteiger partial charge in [0.15, 0.2) is 0 Å². The quantitative estimate of drug-likeness (QED) is 0.589. The molecular formula is C8H16N2S. The molecule has 1 heterocycles. The Morgan fingerprint density at radius 3 is 2.55 bits per heavy atom. The molecule has 2 rings (SSSR count). The highest BCUT2D eigenvalue weighted by atomic mass is 32.2. The molecule has 1 atom stereocenters. The lowest BCUT2D eigenvalue weighted by Crippen LogP contribution is -2.29. The highest BCUT2D eigenvalue weighted by Crippen LogP contribution is 2.31. The number of hydrogen-bond donors (Lipinski definition) is 2. The molecule has 0 aromatic rings. The summed E-state index contributed by atoms with van der Waals surface area (Å²) >= 11 is 1.89. The van der Waals surface area contributed by atoms with Gasteiger partial charge < -0.3 is 0 Å². The Labute approximate surface area is 72.6 Å². The van der Waals surface area contributed by atoms with Crippen LogP contribution < -0.4 is 10.0 Å². The summed E-state index contributed by atoms with van der Waals surface area (Å²) in [5.41, 5.74) is 0. The van der Waals surface area contributed by atoms with Gasteiger partial charge in [0.1, 0.15) is 0 Å². The van der Waals surface area contributed by atoms with Crippen LogP contribution in [0.1, 0.15) is 32.1 Å². The third kappa shape index (κ3) is 1.89. The zero-order chi connectivity index (χ0) is 7.52. The average Bonchev–Trinajstić information content (AvgIpc) is 2.58. The Morgan fingerprint density at radius 2 is 1.91 bits per heavy atom. The third-order valence-electron chi connectivity index (χ3n) is 2.66. The van der Waals surface area contributed by atoms with Crippen LogP contribution in [0.3, 0.4) is 0 Å². The Morgan fingerprint density at radius 1 is 1.09 bits per heavy atom. The van der Waals surface area contributed by atoms with Crippen molar-refractivity contribution < 1.29 is 0 Å². The van der Waals surface area contributed by atoms with Crippen LogP contribution in [0.25, 0.3) is 0 Å². The van der Waals surface area contributed by atoms with E-state index in [0.717, 1.165) is 12.6 Å². The highest BCUT2D eigenvalue weighted by Gasteiger charge is 2.26. The van der Waals surface area contributed by atoms with Crippen LogP contribution in [0.15, 0.2) is 0 Å². The predicted molar refractivity (Wildman–Crippen MR) is 49.1 cm³/mol. The fourth-order valence-corrected chi connectivity index (χ4v) is 2.99. The minimum atomic E-state index is 0.704. The molecule has 2 N–H and O–H groups in total. The van der Waals surface area contributed by atoms with Crippen LogP contribution in [0.5, 0.6) is 0 Å². The van der Waals surface area contributed by atoms with E-state index in [1.165, 1.54) is 32.1 Å². The molecule has 64 valence electrons. The molecule has 11 heavy (non-hydrogen) atoms. The van der Waals surface area contributed by atoms with Crippen molar-refractivity contribution in [3.8, 4) is 0 Å². The summed E-state index contributed by atoms with van der Waals surface area (Å²) in [6.07, 6.45) is 7.23. The Balaban J connectivity index is 1.82. The Bertz CT molecular complexity index is 117. The average molecular weight is 172 g/mol. The van der Waals surface area contributed by atoms with Gasteiger partial charge in [-0.25, -0.2) is 4.72 Å². The molecule has 2 fully saturated rings. The number of hydrogen-bond acceptors (Lipinski definition) is 3. The van der Waals surface area contributed by atoms with Crippen molar-refractivity contribution in [3.63, 3.8) is 0 Å². The fraction of sp³-hybridized carbons (Fsp3) is 1.00. The smallest absolute Gasteiger partial charge is 0.0717 e. The first kappa shape index (κ1) is 7.90. The Kier molecular flexibility index (Phi) is 2.72. The summed E-state index contributed by atoms with van der Waals surface area (Å²) < 4.78 is 3.28. The van der Waals surface area contributed by atoms with Crippen molar-refractivity contribution in [2.45, 2.75) is 37.5 Å². The van der Waals surface area contributed by atoms with Gasteiger partial charge in [0.05, 0.1) is 12.0 Å². The van der Waals surface area contributed by atoms with Crippen LogP contribution in [0, 0.1) is 5.92 Å². The largest absolute Gasteiger partial charge is 0.291 e. The maximum atomic E-state index is 3.48. The van der Waals surface area contributed by atoms with E-state index < -0.39 is 0 Å². The van der Waals surface area contributed by atoms with E-state index >= 15 is 0 Å². The molecule has 0 aromatic heterocycles. The van der Waals surface area contributed by atoms with E-state index in [2.05, 4.69) is 10.0 Å². The molecule has 2 aliphatic rings. The standard InChI is InChI=1S/C8H16N2S/c1-2-4-7(5-3-1)8-9-6-10-11-8/h7-10H,1-6H2. The van der Waals surface area contributed by atoms with Gasteiger partial charge in [-0.15, -0.1) is 0 Å². The molecule has 1 saturated carbocycles. The summed E-state index contributed by atoms with van der Waals surface area (Å²) in [5, 5.41) is 4.18. The normalized spacial score (nSPS) is 34.4. The van der Waals surface area contributed by atoms with Crippen molar-refractivity contribution in [3.05, 3.63) is 0 Å². The molecule has 1 aliphatic heterocycles. The van der Waals surface area contributed by atoms with Crippen molar-refractivity contribution >= 4 is 11.9 Å². The lowest BCUT2D eigenvalue weighted by molar-refractivity contribution is 0.331. The second kappa shape index (κ2) is 3.78. The first-order valence-corrected chi connectivity index (χ1v) is 5.47. The lowest BCUT2D eigenvalue weighted by Gasteiger charge is -2.25. The SMILES string of the molecule is C1CCC(C2NCNS2)CC1. The second-order valence-corrected chi connectivity index (χ2v) is 4.49. The maximum Gasteiger partial charge on any atom is 0.0717 e. The zero-order valence-corrected chi connectivity index (χ0v) is 7.62. The number of nitrogens with one attached hydrogen (secondary N) is 2. The third-order valence-corrected chi connectivity index (χ3v) is 3.78. The van der Waals surface area contributed by atoms with Gasteiger partial charge in [-0.2, -0.15) is 0 Å². The van der Waals surface area contributed by atoms with Crippen LogP contribution in [0.2, 0.25) is 0 Å². The molecule has 0 amide bonds. The van der Waals surface area contributed by atoms with Crippen molar-refractivity contribution in [2.24, 2.45) is 5.92 Å². The monoisotopic (exact) mass is 172 g/mol. The molecule has 2 nitrogen and oxygen atoms in total. The van der Waals surface area contributed by atoms with E-state index in [-0.39, 0.29) is 0 Å². The highest BCUT2D eigenvalue weighted by molar-refractivity contribution is 7.98. The predicted octanol–water partition coefficient (Wildman–Crippen LogP) is 1.69. The van der Waals surface area contributed by atoms with Crippen LogP contribution in [-0.4, -0.2) is 12.0 Å². The molecule has 0 bridgehead atoms. The van der Waals surface area contributed by atoms with Gasteiger partial charge in [-0.3, -0.25) is 5.32 Å². The van der Waals surface area contributed by atoms with Crippen LogP contribution in [0.4, 0.5) is 0 Å². The molecule has 1 saturated heterocycles.